The zero-order chi connectivity index (χ0) is 40.2. The number of carbonyl (C=O) groups is 5. The van der Waals surface area contributed by atoms with Crippen LogP contribution in [-0.2, 0) is 48.2 Å². The molecule has 5 rings (SSSR count). The fraction of sp³-hybridized carbons (Fsp3) is 0.442. The van der Waals surface area contributed by atoms with Crippen LogP contribution in [0.3, 0.4) is 0 Å². The fourth-order valence-electron chi connectivity index (χ4n) is 7.05. The van der Waals surface area contributed by atoms with E-state index in [0.717, 1.165) is 42.4 Å². The van der Waals surface area contributed by atoms with Crippen LogP contribution in [-0.4, -0.2) is 85.7 Å². The molecule has 304 valence electrons. The molecular weight excluding hydrogens is 729 g/mol. The number of piperidine rings is 1. The van der Waals surface area contributed by atoms with Gasteiger partial charge in [-0.3, -0.25) is 25.0 Å². The van der Waals surface area contributed by atoms with Gasteiger partial charge in [-0.05, 0) is 41.9 Å². The van der Waals surface area contributed by atoms with Crippen LogP contribution < -0.4 is 21.3 Å². The highest BCUT2D eigenvalue weighted by atomic mass is 16.6. The number of ether oxygens (including phenoxy) is 3. The van der Waals surface area contributed by atoms with E-state index in [1.807, 2.05) is 91.0 Å². The first-order chi connectivity index (χ1) is 27.7. The average Bonchev–Trinajstić information content (AvgIpc) is 3.24. The molecule has 14 heteroatoms. The minimum Gasteiger partial charge on any atom is -0.468 e. The molecule has 1 aliphatic carbocycles. The van der Waals surface area contributed by atoms with Crippen molar-refractivity contribution in [3.05, 3.63) is 108 Å². The molecule has 1 heterocycles. The minimum absolute atomic E-state index is 0.00632. The maximum absolute atomic E-state index is 14.0. The lowest BCUT2D eigenvalue weighted by Crippen LogP contribution is -2.57. The summed E-state index contributed by atoms with van der Waals surface area (Å²) in [6, 6.07) is 26.0. The van der Waals surface area contributed by atoms with Crippen molar-refractivity contribution in [3.63, 3.8) is 0 Å². The smallest absolute Gasteiger partial charge is 0.437 e. The van der Waals surface area contributed by atoms with Crippen molar-refractivity contribution in [3.8, 4) is 0 Å². The van der Waals surface area contributed by atoms with Gasteiger partial charge in [0.05, 0.1) is 19.7 Å². The number of hydrogen-bond acceptors (Lipinski definition) is 9. The Balaban J connectivity index is 1.22. The van der Waals surface area contributed by atoms with Gasteiger partial charge >= 0.3 is 18.2 Å². The number of guanidine groups is 1. The topological polar surface area (TPSA) is 177 Å². The van der Waals surface area contributed by atoms with Crippen LogP contribution in [0, 0.1) is 5.92 Å². The van der Waals surface area contributed by atoms with E-state index in [0.29, 0.717) is 38.3 Å². The second-order valence-electron chi connectivity index (χ2n) is 14.4. The molecule has 1 saturated carbocycles. The van der Waals surface area contributed by atoms with Crippen LogP contribution >= 0.6 is 0 Å². The summed E-state index contributed by atoms with van der Waals surface area (Å²) in [7, 11) is 1.30. The van der Waals surface area contributed by atoms with Crippen molar-refractivity contribution >= 4 is 35.9 Å². The highest BCUT2D eigenvalue weighted by Gasteiger charge is 2.31. The van der Waals surface area contributed by atoms with E-state index in [2.05, 4.69) is 26.3 Å². The van der Waals surface area contributed by atoms with E-state index in [1.54, 1.807) is 4.90 Å². The fourth-order valence-corrected chi connectivity index (χ4v) is 7.05. The minimum atomic E-state index is -0.885. The van der Waals surface area contributed by atoms with Gasteiger partial charge in [0.2, 0.25) is 17.8 Å². The van der Waals surface area contributed by atoms with Gasteiger partial charge in [0.25, 0.3) is 0 Å². The predicted molar refractivity (Wildman–Crippen MR) is 214 cm³/mol. The molecule has 3 aromatic rings. The Morgan fingerprint density at radius 1 is 0.719 bits per heavy atom. The monoisotopic (exact) mass is 782 g/mol. The molecule has 1 saturated heterocycles. The zero-order valence-electron chi connectivity index (χ0n) is 32.5. The van der Waals surface area contributed by atoms with Gasteiger partial charge in [-0.1, -0.05) is 123 Å². The molecule has 3 aromatic carbocycles. The summed E-state index contributed by atoms with van der Waals surface area (Å²) in [6.07, 6.45) is 5.49. The first-order valence-corrected chi connectivity index (χ1v) is 19.7. The summed E-state index contributed by atoms with van der Waals surface area (Å²) in [6.45, 7) is 0.587. The number of rotatable bonds is 15. The van der Waals surface area contributed by atoms with E-state index in [-0.39, 0.29) is 50.0 Å². The van der Waals surface area contributed by atoms with Gasteiger partial charge in [-0.25, -0.2) is 9.59 Å². The molecule has 1 aliphatic heterocycles. The van der Waals surface area contributed by atoms with Crippen molar-refractivity contribution in [2.75, 3.05) is 26.7 Å². The molecular formula is C43H54N6O8. The first-order valence-electron chi connectivity index (χ1n) is 19.7. The number of nitrogens with one attached hydrogen (secondary N) is 4. The molecule has 2 aliphatic rings. The van der Waals surface area contributed by atoms with Crippen molar-refractivity contribution < 1.29 is 38.2 Å². The normalized spacial score (nSPS) is 16.1. The van der Waals surface area contributed by atoms with Crippen molar-refractivity contribution in [1.29, 1.82) is 0 Å². The summed E-state index contributed by atoms with van der Waals surface area (Å²) in [4.78, 5) is 71.4. The molecule has 4 amide bonds. The summed E-state index contributed by atoms with van der Waals surface area (Å²) >= 11 is 0. The van der Waals surface area contributed by atoms with Crippen molar-refractivity contribution in [2.24, 2.45) is 10.9 Å². The van der Waals surface area contributed by atoms with Crippen LogP contribution in [0.25, 0.3) is 0 Å². The standard InChI is InChI=1S/C43H54N6O8/c1-55-38(50)28-44-36(26-31-14-6-2-7-15-31)39(51)46-37(27-32-16-8-3-9-17-32)40(52)45-35-22-24-49(25-23-35)41(47-42(53)56-29-33-18-10-4-11-19-33)48-43(54)57-30-34-20-12-5-13-21-34/h3-5,8-13,16-21,31,35-37,44H,2,6-7,14-15,22-30H2,1H3,(H,45,52)(H,46,51)(H,47,48,53,54). The number of benzene rings is 3. The second kappa shape index (κ2) is 22.7. The lowest BCUT2D eigenvalue weighted by molar-refractivity contribution is -0.140. The first kappa shape index (κ1) is 42.4. The zero-order valence-corrected chi connectivity index (χ0v) is 32.5. The van der Waals surface area contributed by atoms with Crippen molar-refractivity contribution in [2.45, 2.75) is 89.1 Å². The summed E-state index contributed by atoms with van der Waals surface area (Å²) < 4.78 is 15.6. The SMILES string of the molecule is COC(=O)CNC(CC1CCCCC1)C(=O)NC(Cc1ccccc1)C(=O)NC1CCN(C(=NC(=O)OCc2ccccc2)NC(=O)OCc2ccccc2)CC1. The molecule has 0 radical (unpaired) electrons. The Morgan fingerprint density at radius 2 is 1.30 bits per heavy atom. The molecule has 14 nitrogen and oxygen atoms in total. The van der Waals surface area contributed by atoms with Gasteiger partial charge in [-0.2, -0.15) is 0 Å². The van der Waals surface area contributed by atoms with E-state index >= 15 is 0 Å². The Kier molecular flexibility index (Phi) is 16.9. The van der Waals surface area contributed by atoms with E-state index in [1.165, 1.54) is 13.5 Å². The third kappa shape index (κ3) is 14.7. The lowest BCUT2D eigenvalue weighted by Gasteiger charge is -2.34. The largest absolute Gasteiger partial charge is 0.468 e. The number of nitrogens with zero attached hydrogens (tertiary/aromatic N) is 2. The summed E-state index contributed by atoms with van der Waals surface area (Å²) in [5.74, 6) is -0.839. The van der Waals surface area contributed by atoms with Crippen LogP contribution in [0.4, 0.5) is 9.59 Å². The molecule has 57 heavy (non-hydrogen) atoms. The maximum atomic E-state index is 14.0. The van der Waals surface area contributed by atoms with Gasteiger partial charge in [0, 0.05) is 25.6 Å². The molecule has 4 N–H and O–H groups in total. The van der Waals surface area contributed by atoms with Gasteiger partial charge in [0.1, 0.15) is 19.3 Å². The number of hydrogen-bond donors (Lipinski definition) is 4. The molecule has 2 unspecified atom stereocenters. The van der Waals surface area contributed by atoms with Gasteiger partial charge in [0.15, 0.2) is 0 Å². The van der Waals surface area contributed by atoms with Gasteiger partial charge in [-0.15, -0.1) is 4.99 Å². The van der Waals surface area contributed by atoms with Crippen LogP contribution in [0.2, 0.25) is 0 Å². The number of carbonyl (C=O) groups excluding carboxylic acids is 5. The number of methoxy groups -OCH3 is 1. The number of likely N-dealkylation sites (tertiary alicyclic amines) is 1. The average molecular weight is 783 g/mol. The number of amides is 4. The molecule has 2 fully saturated rings. The van der Waals surface area contributed by atoms with Gasteiger partial charge < -0.3 is 29.7 Å². The lowest BCUT2D eigenvalue weighted by atomic mass is 9.84. The number of aliphatic imine (C=N–C) groups is 1. The molecule has 2 atom stereocenters. The van der Waals surface area contributed by atoms with Crippen LogP contribution in [0.15, 0.2) is 96.0 Å². The molecule has 0 aromatic heterocycles. The summed E-state index contributed by atoms with van der Waals surface area (Å²) in [5, 5.41) is 11.8. The Hall–Kier alpha value is -5.76. The molecule has 0 spiro atoms. The Morgan fingerprint density at radius 3 is 1.89 bits per heavy atom. The third-order valence-corrected chi connectivity index (χ3v) is 10.2. The molecule has 0 bridgehead atoms. The van der Waals surface area contributed by atoms with E-state index < -0.39 is 30.2 Å². The third-order valence-electron chi connectivity index (χ3n) is 10.2. The van der Waals surface area contributed by atoms with Crippen molar-refractivity contribution in [1.82, 2.24) is 26.2 Å². The van der Waals surface area contributed by atoms with Crippen LogP contribution in [0.1, 0.15) is 68.1 Å². The Labute approximate surface area is 334 Å². The predicted octanol–water partition coefficient (Wildman–Crippen LogP) is 5.02. The van der Waals surface area contributed by atoms with E-state index in [4.69, 9.17) is 14.2 Å². The quantitative estimate of drug-likeness (QED) is 0.0710. The maximum Gasteiger partial charge on any atom is 0.437 e. The van der Waals surface area contributed by atoms with Crippen LogP contribution in [0.5, 0.6) is 0 Å². The highest BCUT2D eigenvalue weighted by Crippen LogP contribution is 2.27. The van der Waals surface area contributed by atoms with E-state index in [9.17, 15) is 24.0 Å². The highest BCUT2D eigenvalue weighted by molar-refractivity contribution is 5.99. The summed E-state index contributed by atoms with van der Waals surface area (Å²) in [5.41, 5.74) is 2.46. The second-order valence-corrected chi connectivity index (χ2v) is 14.4. The number of alkyl carbamates (subject to hydrolysis) is 1. The Bertz CT molecular complexity index is 1760. The number of esters is 1.